The number of ether oxygens (including phenoxy) is 3. The van der Waals surface area contributed by atoms with Crippen LogP contribution in [0.1, 0.15) is 33.1 Å². The van der Waals surface area contributed by atoms with Crippen LogP contribution in [0, 0.1) is 0 Å². The quantitative estimate of drug-likeness (QED) is 0.422. The summed E-state index contributed by atoms with van der Waals surface area (Å²) in [7, 11) is 0. The maximum absolute atomic E-state index is 12.0. The third-order valence-electron chi connectivity index (χ3n) is 3.42. The van der Waals surface area contributed by atoms with Gasteiger partial charge in [0.15, 0.2) is 5.75 Å². The van der Waals surface area contributed by atoms with Gasteiger partial charge in [-0.25, -0.2) is 4.79 Å². The van der Waals surface area contributed by atoms with Crippen molar-refractivity contribution in [2.24, 2.45) is 0 Å². The SMILES string of the molecule is CCCCOc1c(O)c2ccc(OCCCOC(C)=O)cc2oc1=O. The van der Waals surface area contributed by atoms with Crippen LogP contribution in [0.4, 0.5) is 0 Å². The van der Waals surface area contributed by atoms with E-state index in [1.807, 2.05) is 6.92 Å². The van der Waals surface area contributed by atoms with Crippen LogP contribution in [0.3, 0.4) is 0 Å². The summed E-state index contributed by atoms with van der Waals surface area (Å²) in [6.45, 7) is 4.30. The molecule has 136 valence electrons. The van der Waals surface area contributed by atoms with Gasteiger partial charge >= 0.3 is 11.6 Å². The van der Waals surface area contributed by atoms with Crippen molar-refractivity contribution in [3.8, 4) is 17.2 Å². The van der Waals surface area contributed by atoms with Crippen molar-refractivity contribution in [3.63, 3.8) is 0 Å². The van der Waals surface area contributed by atoms with Crippen molar-refractivity contribution < 1.29 is 28.5 Å². The summed E-state index contributed by atoms with van der Waals surface area (Å²) in [5.41, 5.74) is -0.518. The van der Waals surface area contributed by atoms with Gasteiger partial charge in [0.05, 0.1) is 25.2 Å². The molecule has 7 heteroatoms. The van der Waals surface area contributed by atoms with Gasteiger partial charge < -0.3 is 23.7 Å². The Morgan fingerprint density at radius 3 is 2.64 bits per heavy atom. The molecule has 0 unspecified atom stereocenters. The topological polar surface area (TPSA) is 95.2 Å². The van der Waals surface area contributed by atoms with E-state index in [4.69, 9.17) is 18.6 Å². The van der Waals surface area contributed by atoms with Crippen LogP contribution in [-0.2, 0) is 9.53 Å². The molecule has 0 fully saturated rings. The second-order valence-corrected chi connectivity index (χ2v) is 5.47. The molecule has 0 bridgehead atoms. The maximum Gasteiger partial charge on any atom is 0.383 e. The Kier molecular flexibility index (Phi) is 6.68. The average Bonchev–Trinajstić information content (AvgIpc) is 2.57. The monoisotopic (exact) mass is 350 g/mol. The maximum atomic E-state index is 12.0. The van der Waals surface area contributed by atoms with Gasteiger partial charge in [-0.05, 0) is 18.6 Å². The zero-order valence-electron chi connectivity index (χ0n) is 14.4. The van der Waals surface area contributed by atoms with E-state index in [0.29, 0.717) is 30.8 Å². The van der Waals surface area contributed by atoms with Crippen LogP contribution in [-0.4, -0.2) is 30.9 Å². The third kappa shape index (κ3) is 5.14. The molecule has 0 saturated carbocycles. The molecule has 0 amide bonds. The first-order valence-electron chi connectivity index (χ1n) is 8.21. The van der Waals surface area contributed by atoms with Gasteiger partial charge in [-0.1, -0.05) is 13.3 Å². The van der Waals surface area contributed by atoms with Gasteiger partial charge in [0.1, 0.15) is 11.3 Å². The lowest BCUT2D eigenvalue weighted by molar-refractivity contribution is -0.141. The van der Waals surface area contributed by atoms with E-state index in [1.54, 1.807) is 12.1 Å². The summed E-state index contributed by atoms with van der Waals surface area (Å²) in [6, 6.07) is 4.78. The van der Waals surface area contributed by atoms with Crippen molar-refractivity contribution in [1.29, 1.82) is 0 Å². The summed E-state index contributed by atoms with van der Waals surface area (Å²) in [5, 5.41) is 10.6. The molecule has 0 saturated heterocycles. The van der Waals surface area contributed by atoms with E-state index in [-0.39, 0.29) is 29.7 Å². The Labute approximate surface area is 145 Å². The molecule has 1 heterocycles. The molecule has 1 N–H and O–H groups in total. The molecule has 0 atom stereocenters. The molecule has 0 aliphatic heterocycles. The fraction of sp³-hybridized carbons (Fsp3) is 0.444. The molecule has 0 aliphatic carbocycles. The highest BCUT2D eigenvalue weighted by Gasteiger charge is 2.16. The van der Waals surface area contributed by atoms with Gasteiger partial charge in [0, 0.05) is 19.4 Å². The van der Waals surface area contributed by atoms with Gasteiger partial charge in [-0.15, -0.1) is 0 Å². The fourth-order valence-corrected chi connectivity index (χ4v) is 2.15. The number of fused-ring (bicyclic) bond motifs is 1. The predicted molar refractivity (Wildman–Crippen MR) is 91.3 cm³/mol. The van der Waals surface area contributed by atoms with Gasteiger partial charge in [-0.3, -0.25) is 4.79 Å². The van der Waals surface area contributed by atoms with E-state index in [2.05, 4.69) is 0 Å². The average molecular weight is 350 g/mol. The lowest BCUT2D eigenvalue weighted by atomic mass is 10.2. The molecule has 0 radical (unpaired) electrons. The highest BCUT2D eigenvalue weighted by molar-refractivity contribution is 5.86. The Hall–Kier alpha value is -2.70. The van der Waals surface area contributed by atoms with E-state index in [1.165, 1.54) is 13.0 Å². The molecule has 2 rings (SSSR count). The van der Waals surface area contributed by atoms with Crippen molar-refractivity contribution in [3.05, 3.63) is 28.6 Å². The zero-order chi connectivity index (χ0) is 18.2. The summed E-state index contributed by atoms with van der Waals surface area (Å²) in [5.74, 6) is -0.253. The third-order valence-corrected chi connectivity index (χ3v) is 3.42. The molecule has 2 aromatic rings. The number of rotatable bonds is 9. The van der Waals surface area contributed by atoms with Crippen LogP contribution in [0.25, 0.3) is 11.0 Å². The Morgan fingerprint density at radius 1 is 1.16 bits per heavy atom. The number of carbonyl (C=O) groups excluding carboxylic acids is 1. The predicted octanol–water partition coefficient (Wildman–Crippen LogP) is 3.01. The summed E-state index contributed by atoms with van der Waals surface area (Å²) in [4.78, 5) is 22.6. The number of aromatic hydroxyl groups is 1. The first-order chi connectivity index (χ1) is 12.0. The standard InChI is InChI=1S/C18H22O7/c1-3-4-8-24-17-16(20)14-7-6-13(11-15(14)25-18(17)21)23-10-5-9-22-12(2)19/h6-7,11,20H,3-5,8-10H2,1-2H3. The van der Waals surface area contributed by atoms with Crippen LogP contribution in [0.15, 0.2) is 27.4 Å². The Balaban J connectivity index is 2.08. The van der Waals surface area contributed by atoms with Crippen LogP contribution in [0.2, 0.25) is 0 Å². The van der Waals surface area contributed by atoms with Gasteiger partial charge in [-0.2, -0.15) is 0 Å². The number of unbranched alkanes of at least 4 members (excludes halogenated alkanes) is 1. The molecule has 0 spiro atoms. The van der Waals surface area contributed by atoms with E-state index >= 15 is 0 Å². The lowest BCUT2D eigenvalue weighted by Crippen LogP contribution is -2.08. The number of hydrogen-bond donors (Lipinski definition) is 1. The summed E-state index contributed by atoms with van der Waals surface area (Å²) >= 11 is 0. The molecule has 7 nitrogen and oxygen atoms in total. The summed E-state index contributed by atoms with van der Waals surface area (Å²) in [6.07, 6.45) is 2.23. The Bertz CT molecular complexity index is 779. The molecular weight excluding hydrogens is 328 g/mol. The van der Waals surface area contributed by atoms with Crippen molar-refractivity contribution in [2.75, 3.05) is 19.8 Å². The minimum Gasteiger partial charge on any atom is -0.504 e. The summed E-state index contributed by atoms with van der Waals surface area (Å²) < 4.78 is 20.9. The highest BCUT2D eigenvalue weighted by atomic mass is 16.5. The van der Waals surface area contributed by atoms with E-state index < -0.39 is 5.63 Å². The minimum absolute atomic E-state index is 0.170. The first kappa shape index (κ1) is 18.6. The molecule has 1 aromatic heterocycles. The molecule has 25 heavy (non-hydrogen) atoms. The second kappa shape index (κ2) is 8.96. The number of benzene rings is 1. The minimum atomic E-state index is -0.729. The van der Waals surface area contributed by atoms with Crippen LogP contribution < -0.4 is 15.1 Å². The number of hydrogen-bond acceptors (Lipinski definition) is 7. The highest BCUT2D eigenvalue weighted by Crippen LogP contribution is 2.33. The van der Waals surface area contributed by atoms with Gasteiger partial charge in [0.25, 0.3) is 0 Å². The first-order valence-corrected chi connectivity index (χ1v) is 8.21. The van der Waals surface area contributed by atoms with E-state index in [9.17, 15) is 14.7 Å². The zero-order valence-corrected chi connectivity index (χ0v) is 14.4. The smallest absolute Gasteiger partial charge is 0.383 e. The van der Waals surface area contributed by atoms with Gasteiger partial charge in [0.2, 0.25) is 5.75 Å². The fourth-order valence-electron chi connectivity index (χ4n) is 2.15. The second-order valence-electron chi connectivity index (χ2n) is 5.47. The van der Waals surface area contributed by atoms with E-state index in [0.717, 1.165) is 12.8 Å². The molecule has 0 aliphatic rings. The lowest BCUT2D eigenvalue weighted by Gasteiger charge is -2.10. The van der Waals surface area contributed by atoms with Crippen molar-refractivity contribution >= 4 is 16.9 Å². The van der Waals surface area contributed by atoms with Crippen LogP contribution >= 0.6 is 0 Å². The molecule has 1 aromatic carbocycles. The van der Waals surface area contributed by atoms with Crippen molar-refractivity contribution in [2.45, 2.75) is 33.1 Å². The van der Waals surface area contributed by atoms with Crippen molar-refractivity contribution in [1.82, 2.24) is 0 Å². The normalized spacial score (nSPS) is 10.6. The number of esters is 1. The van der Waals surface area contributed by atoms with Crippen LogP contribution in [0.5, 0.6) is 17.2 Å². The Morgan fingerprint density at radius 2 is 1.92 bits per heavy atom. The molecular formula is C18H22O7. The number of carbonyl (C=O) groups is 1. The largest absolute Gasteiger partial charge is 0.504 e.